The predicted molar refractivity (Wildman–Crippen MR) is 85.4 cm³/mol. The Balaban J connectivity index is 1.77. The van der Waals surface area contributed by atoms with E-state index < -0.39 is 0 Å². The molecule has 0 radical (unpaired) electrons. The Bertz CT molecular complexity index is 842. The maximum Gasteiger partial charge on any atom is 0.322 e. The van der Waals surface area contributed by atoms with E-state index in [0.717, 1.165) is 11.1 Å². The zero-order valence-electron chi connectivity index (χ0n) is 12.7. The Labute approximate surface area is 133 Å². The average Bonchev–Trinajstić information content (AvgIpc) is 3.03. The third-order valence-electron chi connectivity index (χ3n) is 3.24. The van der Waals surface area contributed by atoms with Crippen LogP contribution in [0.25, 0.3) is 11.5 Å². The molecule has 0 spiro atoms. The van der Waals surface area contributed by atoms with Gasteiger partial charge < -0.3 is 9.15 Å². The monoisotopic (exact) mass is 309 g/mol. The van der Waals surface area contributed by atoms with Crippen LogP contribution in [0.3, 0.4) is 0 Å². The molecule has 0 aliphatic rings. The van der Waals surface area contributed by atoms with Gasteiger partial charge in [-0.1, -0.05) is 28.9 Å². The van der Waals surface area contributed by atoms with Crippen molar-refractivity contribution in [3.63, 3.8) is 0 Å². The Hall–Kier alpha value is -3.15. The molecule has 0 saturated heterocycles. The highest BCUT2D eigenvalue weighted by atomic mass is 16.5. The number of hydrogen-bond acceptors (Lipinski definition) is 5. The summed E-state index contributed by atoms with van der Waals surface area (Å²) >= 11 is 0. The maximum absolute atomic E-state index is 12.2. The molecule has 3 rings (SSSR count). The van der Waals surface area contributed by atoms with Crippen molar-refractivity contribution in [1.29, 1.82) is 0 Å². The van der Waals surface area contributed by atoms with Gasteiger partial charge in [0, 0.05) is 11.1 Å². The van der Waals surface area contributed by atoms with Crippen LogP contribution in [0.15, 0.2) is 52.9 Å². The number of anilines is 1. The first-order valence-corrected chi connectivity index (χ1v) is 7.01. The molecule has 0 unspecified atom stereocenters. The Kier molecular flexibility index (Phi) is 4.05. The number of amides is 1. The van der Waals surface area contributed by atoms with Gasteiger partial charge in [-0.25, -0.2) is 0 Å². The summed E-state index contributed by atoms with van der Waals surface area (Å²) in [7, 11) is 1.54. The number of carbonyl (C=O) groups excluding carboxylic acids is 1. The number of methoxy groups -OCH3 is 1. The minimum atomic E-state index is -0.344. The maximum atomic E-state index is 12.2. The van der Waals surface area contributed by atoms with Crippen molar-refractivity contribution in [1.82, 2.24) is 10.2 Å². The van der Waals surface area contributed by atoms with Gasteiger partial charge in [0.1, 0.15) is 5.75 Å². The smallest absolute Gasteiger partial charge is 0.322 e. The summed E-state index contributed by atoms with van der Waals surface area (Å²) in [5.41, 5.74) is 2.33. The topological polar surface area (TPSA) is 77.2 Å². The molecule has 0 fully saturated rings. The van der Waals surface area contributed by atoms with Gasteiger partial charge in [-0.3, -0.25) is 10.1 Å². The van der Waals surface area contributed by atoms with E-state index in [-0.39, 0.29) is 11.9 Å². The molecule has 3 aromatic rings. The normalized spacial score (nSPS) is 10.3. The van der Waals surface area contributed by atoms with Gasteiger partial charge in [-0.05, 0) is 37.3 Å². The molecule has 0 aliphatic heterocycles. The first kappa shape index (κ1) is 14.8. The van der Waals surface area contributed by atoms with E-state index in [2.05, 4.69) is 15.5 Å². The molecule has 1 N–H and O–H groups in total. The van der Waals surface area contributed by atoms with Gasteiger partial charge in [-0.2, -0.15) is 0 Å². The molecule has 0 saturated carbocycles. The number of nitrogens with one attached hydrogen (secondary N) is 1. The number of aryl methyl sites for hydroxylation is 1. The van der Waals surface area contributed by atoms with Gasteiger partial charge in [-0.15, -0.1) is 5.10 Å². The summed E-state index contributed by atoms with van der Waals surface area (Å²) in [5.74, 6) is 0.613. The highest BCUT2D eigenvalue weighted by molar-refractivity contribution is 6.03. The van der Waals surface area contributed by atoms with Crippen molar-refractivity contribution < 1.29 is 13.9 Å². The van der Waals surface area contributed by atoms with E-state index in [1.54, 1.807) is 31.4 Å². The molecule has 6 nitrogen and oxygen atoms in total. The molecule has 0 atom stereocenters. The molecule has 0 bridgehead atoms. The summed E-state index contributed by atoms with van der Waals surface area (Å²) in [6.45, 7) is 1.98. The first-order chi connectivity index (χ1) is 11.2. The van der Waals surface area contributed by atoms with Crippen LogP contribution >= 0.6 is 0 Å². The van der Waals surface area contributed by atoms with E-state index in [0.29, 0.717) is 17.2 Å². The van der Waals surface area contributed by atoms with Crippen molar-refractivity contribution in [2.24, 2.45) is 0 Å². The summed E-state index contributed by atoms with van der Waals surface area (Å²) in [6, 6.07) is 14.5. The molecular weight excluding hydrogens is 294 g/mol. The number of nitrogens with zero attached hydrogens (tertiary/aromatic N) is 2. The molecule has 2 aromatic carbocycles. The van der Waals surface area contributed by atoms with Gasteiger partial charge in [0.15, 0.2) is 0 Å². The SMILES string of the molecule is COc1cccc(C(=O)Nc2nnc(-c3cccc(C)c3)o2)c1. The van der Waals surface area contributed by atoms with Gasteiger partial charge in [0.25, 0.3) is 5.91 Å². The third-order valence-corrected chi connectivity index (χ3v) is 3.24. The molecular formula is C17H15N3O3. The lowest BCUT2D eigenvalue weighted by molar-refractivity contribution is 0.102. The average molecular weight is 309 g/mol. The van der Waals surface area contributed by atoms with Gasteiger partial charge >= 0.3 is 6.01 Å². The van der Waals surface area contributed by atoms with Crippen LogP contribution in [0.5, 0.6) is 5.75 Å². The van der Waals surface area contributed by atoms with Crippen LogP contribution in [-0.2, 0) is 0 Å². The van der Waals surface area contributed by atoms with Crippen molar-refractivity contribution in [2.75, 3.05) is 12.4 Å². The third kappa shape index (κ3) is 3.37. The van der Waals surface area contributed by atoms with Crippen molar-refractivity contribution in [2.45, 2.75) is 6.92 Å². The zero-order chi connectivity index (χ0) is 16.2. The summed E-state index contributed by atoms with van der Waals surface area (Å²) < 4.78 is 10.6. The van der Waals surface area contributed by atoms with Crippen LogP contribution in [0.2, 0.25) is 0 Å². The lowest BCUT2D eigenvalue weighted by Gasteiger charge is -2.03. The van der Waals surface area contributed by atoms with E-state index in [1.165, 1.54) is 0 Å². The number of aromatic nitrogens is 2. The molecule has 1 amide bonds. The van der Waals surface area contributed by atoms with Crippen LogP contribution in [-0.4, -0.2) is 23.2 Å². The molecule has 6 heteroatoms. The highest BCUT2D eigenvalue weighted by Gasteiger charge is 2.13. The van der Waals surface area contributed by atoms with Crippen molar-refractivity contribution >= 4 is 11.9 Å². The second-order valence-electron chi connectivity index (χ2n) is 4.97. The standard InChI is InChI=1S/C17H15N3O3/c1-11-5-3-7-13(9-11)16-19-20-17(23-16)18-15(21)12-6-4-8-14(10-12)22-2/h3-10H,1-2H3,(H,18,20,21). The number of carbonyl (C=O) groups is 1. The van der Waals surface area contributed by atoms with Crippen molar-refractivity contribution in [3.05, 3.63) is 59.7 Å². The molecule has 0 aliphatic carbocycles. The summed E-state index contributed by atoms with van der Waals surface area (Å²) in [4.78, 5) is 12.2. The highest BCUT2D eigenvalue weighted by Crippen LogP contribution is 2.21. The van der Waals surface area contributed by atoms with E-state index in [4.69, 9.17) is 9.15 Å². The fourth-order valence-corrected chi connectivity index (χ4v) is 2.10. The fourth-order valence-electron chi connectivity index (χ4n) is 2.10. The summed E-state index contributed by atoms with van der Waals surface area (Å²) in [5, 5.41) is 10.4. The minimum Gasteiger partial charge on any atom is -0.497 e. The van der Waals surface area contributed by atoms with E-state index >= 15 is 0 Å². The number of benzene rings is 2. The zero-order valence-corrected chi connectivity index (χ0v) is 12.7. The molecule has 1 aromatic heterocycles. The van der Waals surface area contributed by atoms with Gasteiger partial charge in [0.05, 0.1) is 7.11 Å². The second-order valence-corrected chi connectivity index (χ2v) is 4.97. The Morgan fingerprint density at radius 3 is 2.74 bits per heavy atom. The van der Waals surface area contributed by atoms with Crippen LogP contribution < -0.4 is 10.1 Å². The lowest BCUT2D eigenvalue weighted by atomic mass is 10.1. The van der Waals surface area contributed by atoms with E-state index in [9.17, 15) is 4.79 Å². The predicted octanol–water partition coefficient (Wildman–Crippen LogP) is 3.31. The lowest BCUT2D eigenvalue weighted by Crippen LogP contribution is -2.12. The second kappa shape index (κ2) is 6.31. The van der Waals surface area contributed by atoms with Crippen LogP contribution in [0, 0.1) is 6.92 Å². The Morgan fingerprint density at radius 1 is 1.13 bits per heavy atom. The quantitative estimate of drug-likeness (QED) is 0.800. The van der Waals surface area contributed by atoms with Crippen LogP contribution in [0.1, 0.15) is 15.9 Å². The van der Waals surface area contributed by atoms with Gasteiger partial charge in [0.2, 0.25) is 5.89 Å². The van der Waals surface area contributed by atoms with E-state index in [1.807, 2.05) is 31.2 Å². The number of hydrogen-bond donors (Lipinski definition) is 1. The summed E-state index contributed by atoms with van der Waals surface area (Å²) in [6.07, 6.45) is 0. The van der Waals surface area contributed by atoms with Crippen molar-refractivity contribution in [3.8, 4) is 17.2 Å². The number of ether oxygens (including phenoxy) is 1. The first-order valence-electron chi connectivity index (χ1n) is 7.01. The fraction of sp³-hybridized carbons (Fsp3) is 0.118. The largest absolute Gasteiger partial charge is 0.497 e. The Morgan fingerprint density at radius 2 is 1.96 bits per heavy atom. The number of rotatable bonds is 4. The molecule has 23 heavy (non-hydrogen) atoms. The molecule has 116 valence electrons. The molecule has 1 heterocycles. The van der Waals surface area contributed by atoms with Crippen LogP contribution in [0.4, 0.5) is 6.01 Å². The minimum absolute atomic E-state index is 0.0503.